The molecule has 0 saturated carbocycles. The lowest BCUT2D eigenvalue weighted by molar-refractivity contribution is 0.415. The van der Waals surface area contributed by atoms with E-state index in [1.165, 1.54) is 0 Å². The van der Waals surface area contributed by atoms with Crippen LogP contribution in [0.1, 0.15) is 0 Å². The van der Waals surface area contributed by atoms with Crippen molar-refractivity contribution in [3.05, 3.63) is 158 Å². The van der Waals surface area contributed by atoms with Gasteiger partial charge in [-0.05, 0) is 84.9 Å². The number of ether oxygens (including phenoxy) is 1. The highest BCUT2D eigenvalue weighted by Crippen LogP contribution is 2.47. The maximum absolute atomic E-state index is 5.58. The summed E-state index contributed by atoms with van der Waals surface area (Å²) in [5.74, 6) is 2.57. The number of fused-ring (bicyclic) bond motifs is 6. The van der Waals surface area contributed by atoms with Crippen molar-refractivity contribution in [3.8, 4) is 17.4 Å². The lowest BCUT2D eigenvalue weighted by atomic mass is 10.1. The van der Waals surface area contributed by atoms with E-state index in [1.807, 2.05) is 48.8 Å². The Morgan fingerprint density at radius 1 is 0.468 bits per heavy atom. The van der Waals surface area contributed by atoms with Crippen LogP contribution in [-0.2, 0) is 0 Å². The molecule has 6 heteroatoms. The van der Waals surface area contributed by atoms with Crippen molar-refractivity contribution in [1.29, 1.82) is 0 Å². The van der Waals surface area contributed by atoms with E-state index in [2.05, 4.69) is 123 Å². The molecule has 0 radical (unpaired) electrons. The van der Waals surface area contributed by atoms with Crippen LogP contribution >= 0.6 is 0 Å². The summed E-state index contributed by atoms with van der Waals surface area (Å²) in [5, 5.41) is 4.61. The van der Waals surface area contributed by atoms with Crippen molar-refractivity contribution in [3.63, 3.8) is 0 Å². The third-order valence-corrected chi connectivity index (χ3v) is 8.92. The highest BCUT2D eigenvalue weighted by Gasteiger charge is 2.24. The van der Waals surface area contributed by atoms with E-state index < -0.39 is 0 Å². The molecular weight excluding hydrogens is 578 g/mol. The molecule has 9 rings (SSSR count). The molecule has 0 spiro atoms. The largest absolute Gasteiger partial charge is 0.497 e. The number of nitrogens with zero attached hydrogens (tertiary/aromatic N) is 5. The van der Waals surface area contributed by atoms with Gasteiger partial charge >= 0.3 is 0 Å². The summed E-state index contributed by atoms with van der Waals surface area (Å²) in [7, 11) is 1.70. The van der Waals surface area contributed by atoms with Gasteiger partial charge in [-0.2, -0.15) is 0 Å². The van der Waals surface area contributed by atoms with E-state index in [-0.39, 0.29) is 0 Å². The number of methoxy groups -OCH3 is 1. The molecule has 0 aliphatic carbocycles. The number of hydrogen-bond acceptors (Lipinski definition) is 4. The molecule has 4 heterocycles. The molecule has 0 atom stereocenters. The van der Waals surface area contributed by atoms with E-state index in [4.69, 9.17) is 14.7 Å². The minimum absolute atomic E-state index is 0.809. The van der Waals surface area contributed by atoms with Gasteiger partial charge in [-0.15, -0.1) is 0 Å². The van der Waals surface area contributed by atoms with Gasteiger partial charge in [0.1, 0.15) is 17.4 Å². The Morgan fingerprint density at radius 3 is 1.40 bits per heavy atom. The molecule has 0 N–H and O–H groups in total. The van der Waals surface area contributed by atoms with Crippen LogP contribution in [0.2, 0.25) is 0 Å². The van der Waals surface area contributed by atoms with Crippen LogP contribution in [0.15, 0.2) is 158 Å². The lowest BCUT2D eigenvalue weighted by Crippen LogP contribution is -2.11. The van der Waals surface area contributed by atoms with Crippen molar-refractivity contribution in [2.75, 3.05) is 12.0 Å². The zero-order chi connectivity index (χ0) is 31.3. The first kappa shape index (κ1) is 27.0. The molecule has 9 aromatic rings. The molecule has 0 aliphatic rings. The Morgan fingerprint density at radius 2 is 0.936 bits per heavy atom. The van der Waals surface area contributed by atoms with E-state index in [1.54, 1.807) is 7.11 Å². The molecule has 0 amide bonds. The average Bonchev–Trinajstić information content (AvgIpc) is 3.67. The van der Waals surface area contributed by atoms with Crippen LogP contribution in [0, 0.1) is 0 Å². The average molecular weight is 608 g/mol. The summed E-state index contributed by atoms with van der Waals surface area (Å²) >= 11 is 0. The summed E-state index contributed by atoms with van der Waals surface area (Å²) < 4.78 is 10.1. The number of anilines is 3. The minimum Gasteiger partial charge on any atom is -0.497 e. The van der Waals surface area contributed by atoms with Gasteiger partial charge in [0.2, 0.25) is 0 Å². The fraction of sp³-hybridized carbons (Fsp3) is 0.0244. The molecule has 47 heavy (non-hydrogen) atoms. The molecule has 0 bridgehead atoms. The monoisotopic (exact) mass is 607 g/mol. The first-order chi connectivity index (χ1) is 23.3. The first-order valence-corrected chi connectivity index (χ1v) is 15.6. The van der Waals surface area contributed by atoms with Gasteiger partial charge in [-0.25, -0.2) is 9.97 Å². The third kappa shape index (κ3) is 4.19. The zero-order valence-corrected chi connectivity index (χ0v) is 25.7. The molecule has 0 aliphatic heterocycles. The summed E-state index contributed by atoms with van der Waals surface area (Å²) in [5.41, 5.74) is 7.55. The molecule has 4 aromatic heterocycles. The number of hydrogen-bond donors (Lipinski definition) is 0. The van der Waals surface area contributed by atoms with Gasteiger partial charge in [-0.1, -0.05) is 60.7 Å². The highest BCUT2D eigenvalue weighted by atomic mass is 16.5. The van der Waals surface area contributed by atoms with Gasteiger partial charge < -0.3 is 9.64 Å². The van der Waals surface area contributed by atoms with E-state index in [0.29, 0.717) is 0 Å². The second-order valence-electron chi connectivity index (χ2n) is 11.5. The topological polar surface area (TPSA) is 48.1 Å². The quantitative estimate of drug-likeness (QED) is 0.189. The molecular formula is C41H29N5O. The fourth-order valence-electron chi connectivity index (χ4n) is 6.98. The predicted molar refractivity (Wildman–Crippen MR) is 192 cm³/mol. The Balaban J connectivity index is 1.41. The lowest BCUT2D eigenvalue weighted by Gasteiger charge is -2.27. The normalized spacial score (nSPS) is 11.5. The Kier molecular flexibility index (Phi) is 6.25. The zero-order valence-electron chi connectivity index (χ0n) is 25.7. The summed E-state index contributed by atoms with van der Waals surface area (Å²) in [4.78, 5) is 11.9. The number of para-hydroxylation sites is 2. The summed E-state index contributed by atoms with van der Waals surface area (Å²) in [6.45, 7) is 0. The number of pyridine rings is 2. The van der Waals surface area contributed by atoms with Crippen LogP contribution in [0.5, 0.6) is 5.75 Å². The van der Waals surface area contributed by atoms with Crippen LogP contribution in [0.3, 0.4) is 0 Å². The van der Waals surface area contributed by atoms with Crippen LogP contribution in [0.25, 0.3) is 55.2 Å². The molecule has 224 valence electrons. The first-order valence-electron chi connectivity index (χ1n) is 15.6. The van der Waals surface area contributed by atoms with Crippen LogP contribution < -0.4 is 9.64 Å². The fourth-order valence-corrected chi connectivity index (χ4v) is 6.98. The van der Waals surface area contributed by atoms with Gasteiger partial charge in [-0.3, -0.25) is 9.13 Å². The smallest absolute Gasteiger partial charge is 0.137 e. The Hall–Kier alpha value is -6.40. The molecule has 0 unspecified atom stereocenters. The Labute approximate surface area is 271 Å². The second kappa shape index (κ2) is 10.9. The number of aromatic nitrogens is 4. The minimum atomic E-state index is 0.809. The van der Waals surface area contributed by atoms with Crippen LogP contribution in [0.4, 0.5) is 17.1 Å². The SMILES string of the molecule is COc1ccc(N(c2cccc3c2c2ccccc2n3-c2ccccn2)c2cccc3c2c2ccccc2n3-c2ccccn2)cc1. The molecule has 0 fully saturated rings. The summed E-state index contributed by atoms with van der Waals surface area (Å²) in [6, 6.07) is 50.7. The van der Waals surface area contributed by atoms with Crippen molar-refractivity contribution in [1.82, 2.24) is 19.1 Å². The predicted octanol–water partition coefficient (Wildman–Crippen LogP) is 10.1. The molecule has 6 nitrogen and oxygen atoms in total. The van der Waals surface area contributed by atoms with Crippen molar-refractivity contribution < 1.29 is 4.74 Å². The maximum atomic E-state index is 5.58. The van der Waals surface area contributed by atoms with Crippen molar-refractivity contribution in [2.45, 2.75) is 0 Å². The van der Waals surface area contributed by atoms with Gasteiger partial charge in [0.05, 0.1) is 40.6 Å². The summed E-state index contributed by atoms with van der Waals surface area (Å²) in [6.07, 6.45) is 3.70. The number of benzene rings is 5. The highest BCUT2D eigenvalue weighted by molar-refractivity contribution is 6.20. The van der Waals surface area contributed by atoms with E-state index >= 15 is 0 Å². The number of rotatable bonds is 6. The van der Waals surface area contributed by atoms with Gasteiger partial charge in [0.15, 0.2) is 0 Å². The Bertz CT molecular complexity index is 2400. The van der Waals surface area contributed by atoms with Crippen LogP contribution in [-0.4, -0.2) is 26.2 Å². The maximum Gasteiger partial charge on any atom is 0.137 e. The van der Waals surface area contributed by atoms with Gasteiger partial charge in [0, 0.05) is 39.6 Å². The van der Waals surface area contributed by atoms with Gasteiger partial charge in [0.25, 0.3) is 0 Å². The third-order valence-electron chi connectivity index (χ3n) is 8.92. The molecule has 0 saturated heterocycles. The molecule has 5 aromatic carbocycles. The standard InChI is InChI=1S/C41H29N5O/c1-47-29-24-22-28(23-25-29)44(34-16-10-18-36-40(34)30-12-2-4-14-32(30)45(36)38-20-6-8-26-42-38)35-17-11-19-37-41(35)31-13-3-5-15-33(31)46(37)39-21-7-9-27-43-39/h2-27H,1H3. The van der Waals surface area contributed by atoms with Crippen molar-refractivity contribution >= 4 is 60.7 Å². The van der Waals surface area contributed by atoms with Crippen molar-refractivity contribution in [2.24, 2.45) is 0 Å². The van der Waals surface area contributed by atoms with E-state index in [0.717, 1.165) is 78.1 Å². The second-order valence-corrected chi connectivity index (χ2v) is 11.5. The van der Waals surface area contributed by atoms with E-state index in [9.17, 15) is 0 Å².